The van der Waals surface area contributed by atoms with Gasteiger partial charge in [-0.3, -0.25) is 9.59 Å². The van der Waals surface area contributed by atoms with E-state index in [4.69, 9.17) is 0 Å². The number of hydrogen-bond donors (Lipinski definition) is 0. The number of amides is 2. The normalized spacial score (nSPS) is 15.0. The van der Waals surface area contributed by atoms with Crippen LogP contribution in [-0.2, 0) is 6.42 Å². The summed E-state index contributed by atoms with van der Waals surface area (Å²) < 4.78 is 1.78. The van der Waals surface area contributed by atoms with Gasteiger partial charge in [-0.25, -0.2) is 4.68 Å². The molecule has 0 aliphatic carbocycles. The molecule has 1 fully saturated rings. The Kier molecular flexibility index (Phi) is 7.28. The molecule has 1 aliphatic rings. The second kappa shape index (κ2) is 10.9. The summed E-state index contributed by atoms with van der Waals surface area (Å²) in [4.78, 5) is 31.1. The average molecular weight is 499 g/mol. The number of thiophene rings is 1. The highest BCUT2D eigenvalue weighted by Crippen LogP contribution is 2.29. The lowest BCUT2D eigenvalue weighted by atomic mass is 9.84. The van der Waals surface area contributed by atoms with Gasteiger partial charge in [-0.15, -0.1) is 11.3 Å². The van der Waals surface area contributed by atoms with Crippen LogP contribution in [0.25, 0.3) is 5.69 Å². The topological polar surface area (TPSA) is 58.4 Å². The molecule has 4 aromatic rings. The predicted molar refractivity (Wildman–Crippen MR) is 143 cm³/mol. The molecule has 36 heavy (non-hydrogen) atoms. The Morgan fingerprint density at radius 3 is 2.39 bits per heavy atom. The summed E-state index contributed by atoms with van der Waals surface area (Å²) in [7, 11) is 1.92. The van der Waals surface area contributed by atoms with Gasteiger partial charge in [0.1, 0.15) is 0 Å². The summed E-state index contributed by atoms with van der Waals surface area (Å²) >= 11 is 1.48. The molecule has 6 nitrogen and oxygen atoms in total. The van der Waals surface area contributed by atoms with Gasteiger partial charge < -0.3 is 9.80 Å². The van der Waals surface area contributed by atoms with Crippen LogP contribution < -0.4 is 0 Å². The van der Waals surface area contributed by atoms with Gasteiger partial charge in [0.25, 0.3) is 11.8 Å². The fourth-order valence-corrected chi connectivity index (χ4v) is 5.75. The molecule has 1 saturated heterocycles. The van der Waals surface area contributed by atoms with Crippen molar-refractivity contribution < 1.29 is 9.59 Å². The summed E-state index contributed by atoms with van der Waals surface area (Å²) in [6, 6.07) is 23.7. The maximum atomic E-state index is 13.2. The lowest BCUT2D eigenvalue weighted by Crippen LogP contribution is -2.48. The highest BCUT2D eigenvalue weighted by atomic mass is 32.1. The first-order chi connectivity index (χ1) is 17.6. The number of likely N-dealkylation sites (tertiary alicyclic amines) is 1. The number of nitrogens with zero attached hydrogens (tertiary/aromatic N) is 4. The third kappa shape index (κ3) is 5.26. The highest BCUT2D eigenvalue weighted by molar-refractivity contribution is 7.12. The van der Waals surface area contributed by atoms with Gasteiger partial charge in [0.15, 0.2) is 0 Å². The molecule has 2 aromatic heterocycles. The van der Waals surface area contributed by atoms with Crippen molar-refractivity contribution in [2.45, 2.75) is 25.3 Å². The molecule has 5 rings (SSSR count). The molecule has 2 aromatic carbocycles. The van der Waals surface area contributed by atoms with Gasteiger partial charge >= 0.3 is 0 Å². The van der Waals surface area contributed by atoms with Crippen LogP contribution in [0.3, 0.4) is 0 Å². The fraction of sp³-hybridized carbons (Fsp3) is 0.276. The molecule has 2 amide bonds. The average Bonchev–Trinajstić information content (AvgIpc) is 3.67. The zero-order valence-electron chi connectivity index (χ0n) is 20.4. The first-order valence-electron chi connectivity index (χ1n) is 12.3. The summed E-state index contributed by atoms with van der Waals surface area (Å²) in [5, 5.41) is 6.19. The third-order valence-corrected chi connectivity index (χ3v) is 7.95. The molecule has 0 N–H and O–H groups in total. The molecule has 0 radical (unpaired) electrons. The molecule has 0 spiro atoms. The molecule has 1 aliphatic heterocycles. The van der Waals surface area contributed by atoms with Crippen LogP contribution in [0.5, 0.6) is 0 Å². The Bertz CT molecular complexity index is 1260. The van der Waals surface area contributed by atoms with E-state index >= 15 is 0 Å². The largest absolute Gasteiger partial charge is 0.339 e. The Morgan fingerprint density at radius 1 is 1.00 bits per heavy atom. The second-order valence-electron chi connectivity index (χ2n) is 9.28. The maximum absolute atomic E-state index is 13.2. The molecule has 184 valence electrons. The number of hydrogen-bond acceptors (Lipinski definition) is 4. The summed E-state index contributed by atoms with van der Waals surface area (Å²) in [6.07, 6.45) is 6.17. The monoisotopic (exact) mass is 498 g/mol. The number of carbonyl (C=O) groups is 2. The van der Waals surface area contributed by atoms with Crippen molar-refractivity contribution in [3.8, 4) is 5.69 Å². The number of benzene rings is 2. The number of aromatic nitrogens is 2. The van der Waals surface area contributed by atoms with E-state index in [1.807, 2.05) is 89.1 Å². The van der Waals surface area contributed by atoms with Crippen LogP contribution in [0.15, 0.2) is 90.6 Å². The quantitative estimate of drug-likeness (QED) is 0.353. The predicted octanol–water partition coefficient (Wildman–Crippen LogP) is 5.17. The van der Waals surface area contributed by atoms with Crippen LogP contribution in [-0.4, -0.2) is 57.6 Å². The van der Waals surface area contributed by atoms with Crippen LogP contribution in [0, 0.1) is 5.92 Å². The van der Waals surface area contributed by atoms with Crippen molar-refractivity contribution in [3.63, 3.8) is 0 Å². The minimum Gasteiger partial charge on any atom is -0.339 e. The van der Waals surface area contributed by atoms with Crippen molar-refractivity contribution in [1.29, 1.82) is 0 Å². The first-order valence-corrected chi connectivity index (χ1v) is 13.2. The van der Waals surface area contributed by atoms with E-state index in [1.54, 1.807) is 10.9 Å². The van der Waals surface area contributed by atoms with Crippen LogP contribution in [0.4, 0.5) is 0 Å². The van der Waals surface area contributed by atoms with Crippen molar-refractivity contribution in [2.75, 3.05) is 20.1 Å². The Hall–Kier alpha value is -3.71. The van der Waals surface area contributed by atoms with E-state index < -0.39 is 0 Å². The molecule has 7 heteroatoms. The van der Waals surface area contributed by atoms with E-state index in [1.165, 1.54) is 16.9 Å². The van der Waals surface area contributed by atoms with E-state index in [2.05, 4.69) is 17.2 Å². The number of piperidine rings is 1. The highest BCUT2D eigenvalue weighted by Gasteiger charge is 2.33. The zero-order valence-corrected chi connectivity index (χ0v) is 21.2. The standard InChI is InChI=1S/C29H30N4O2S/c1-31(29(35)27-9-5-20-36-27)26(21-22-7-3-2-4-8-22)23-14-18-32(19-15-23)28(34)24-10-12-25(13-11-24)33-17-6-16-30-33/h2-13,16-17,20,23,26H,14-15,18-19,21H2,1H3/t26-/m1/s1. The van der Waals surface area contributed by atoms with Crippen molar-refractivity contribution in [2.24, 2.45) is 5.92 Å². The lowest BCUT2D eigenvalue weighted by molar-refractivity contribution is 0.0525. The van der Waals surface area contributed by atoms with Gasteiger partial charge in [0.05, 0.1) is 10.6 Å². The van der Waals surface area contributed by atoms with Crippen LogP contribution >= 0.6 is 11.3 Å². The Morgan fingerprint density at radius 2 is 1.75 bits per heavy atom. The minimum atomic E-state index is 0.0584. The van der Waals surface area contributed by atoms with E-state index in [-0.39, 0.29) is 17.9 Å². The van der Waals surface area contributed by atoms with Gasteiger partial charge in [0, 0.05) is 44.1 Å². The number of rotatable bonds is 7. The molecule has 3 heterocycles. The van der Waals surface area contributed by atoms with E-state index in [9.17, 15) is 9.59 Å². The molecule has 0 bridgehead atoms. The molecular weight excluding hydrogens is 468 g/mol. The molecular formula is C29H30N4O2S. The number of likely N-dealkylation sites (N-methyl/N-ethyl adjacent to an activating group) is 1. The minimum absolute atomic E-state index is 0.0584. The summed E-state index contributed by atoms with van der Waals surface area (Å²) in [5.74, 6) is 0.454. The third-order valence-electron chi connectivity index (χ3n) is 7.09. The number of carbonyl (C=O) groups excluding carboxylic acids is 2. The molecule has 0 saturated carbocycles. The van der Waals surface area contributed by atoms with Crippen molar-refractivity contribution in [1.82, 2.24) is 19.6 Å². The van der Waals surface area contributed by atoms with Crippen molar-refractivity contribution in [3.05, 3.63) is 107 Å². The summed E-state index contributed by atoms with van der Waals surface area (Å²) in [5.41, 5.74) is 2.84. The van der Waals surface area contributed by atoms with Gasteiger partial charge in [-0.05, 0) is 72.5 Å². The zero-order chi connectivity index (χ0) is 24.9. The summed E-state index contributed by atoms with van der Waals surface area (Å²) in [6.45, 7) is 1.38. The Balaban J connectivity index is 1.26. The van der Waals surface area contributed by atoms with Gasteiger partial charge in [0.2, 0.25) is 0 Å². The second-order valence-corrected chi connectivity index (χ2v) is 10.2. The SMILES string of the molecule is CN(C(=O)c1cccs1)[C@H](Cc1ccccc1)C1CCN(C(=O)c2ccc(-n3cccn3)cc2)CC1. The Labute approximate surface area is 215 Å². The van der Waals surface area contributed by atoms with E-state index in [0.29, 0.717) is 24.6 Å². The van der Waals surface area contributed by atoms with E-state index in [0.717, 1.165) is 29.8 Å². The molecule has 0 unspecified atom stereocenters. The molecule has 1 atom stereocenters. The van der Waals surface area contributed by atoms with Crippen molar-refractivity contribution >= 4 is 23.2 Å². The van der Waals surface area contributed by atoms with Crippen LogP contribution in [0.2, 0.25) is 0 Å². The first kappa shape index (κ1) is 24.0. The van der Waals surface area contributed by atoms with Crippen LogP contribution in [0.1, 0.15) is 38.4 Å². The van der Waals surface area contributed by atoms with Gasteiger partial charge in [-0.1, -0.05) is 36.4 Å². The smallest absolute Gasteiger partial charge is 0.263 e. The fourth-order valence-electron chi connectivity index (χ4n) is 5.05. The van der Waals surface area contributed by atoms with Gasteiger partial charge in [-0.2, -0.15) is 5.10 Å². The lowest BCUT2D eigenvalue weighted by Gasteiger charge is -2.40. The maximum Gasteiger partial charge on any atom is 0.263 e.